The Hall–Kier alpha value is -1.60. The first-order valence-electron chi connectivity index (χ1n) is 8.94. The van der Waals surface area contributed by atoms with Crippen LogP contribution in [-0.4, -0.2) is 60.6 Å². The van der Waals surface area contributed by atoms with Gasteiger partial charge in [0.25, 0.3) is 0 Å². The highest BCUT2D eigenvalue weighted by Crippen LogP contribution is 2.32. The van der Waals surface area contributed by atoms with Crippen LogP contribution in [0.1, 0.15) is 30.4 Å². The minimum atomic E-state index is -4.46. The average Bonchev–Trinajstić information content (AvgIpc) is 2.59. The van der Waals surface area contributed by atoms with Gasteiger partial charge in [0, 0.05) is 25.7 Å². The van der Waals surface area contributed by atoms with E-state index in [9.17, 15) is 18.0 Å². The van der Waals surface area contributed by atoms with Crippen molar-refractivity contribution in [3.8, 4) is 0 Å². The number of likely N-dealkylation sites (tertiary alicyclic amines) is 1. The minimum absolute atomic E-state index is 0.0200. The predicted molar refractivity (Wildman–Crippen MR) is 93.6 cm³/mol. The number of nitrogens with zero attached hydrogens (tertiary/aromatic N) is 2. The van der Waals surface area contributed by atoms with Crippen LogP contribution in [0.5, 0.6) is 0 Å². The number of rotatable bonds is 6. The van der Waals surface area contributed by atoms with Crippen molar-refractivity contribution in [1.82, 2.24) is 9.80 Å². The number of piperidine rings is 1. The lowest BCUT2D eigenvalue weighted by molar-refractivity contribution is -0.139. The second-order valence-corrected chi connectivity index (χ2v) is 7.12. The fraction of sp³-hybridized carbons (Fsp3) is 0.632. The van der Waals surface area contributed by atoms with E-state index in [0.29, 0.717) is 25.6 Å². The van der Waals surface area contributed by atoms with Crippen LogP contribution in [0.15, 0.2) is 24.3 Å². The van der Waals surface area contributed by atoms with E-state index in [1.807, 2.05) is 14.1 Å². The predicted octanol–water partition coefficient (Wildman–Crippen LogP) is 2.80. The molecule has 1 aliphatic rings. The van der Waals surface area contributed by atoms with Gasteiger partial charge >= 0.3 is 6.18 Å². The third-order valence-corrected chi connectivity index (χ3v) is 5.11. The molecule has 146 valence electrons. The first kappa shape index (κ1) is 20.7. The second-order valence-electron chi connectivity index (χ2n) is 7.12. The summed E-state index contributed by atoms with van der Waals surface area (Å²) < 4.78 is 39.4. The van der Waals surface area contributed by atoms with Crippen molar-refractivity contribution < 1.29 is 23.1 Å². The van der Waals surface area contributed by atoms with Crippen molar-refractivity contribution in [2.75, 3.05) is 33.8 Å². The number of hydrogen-bond acceptors (Lipinski definition) is 3. The highest BCUT2D eigenvalue weighted by Gasteiger charge is 2.35. The van der Waals surface area contributed by atoms with Gasteiger partial charge in [-0.25, -0.2) is 0 Å². The smallest absolute Gasteiger partial charge is 0.396 e. The molecule has 1 heterocycles. The van der Waals surface area contributed by atoms with Crippen LogP contribution in [0.2, 0.25) is 0 Å². The summed E-state index contributed by atoms with van der Waals surface area (Å²) >= 11 is 0. The van der Waals surface area contributed by atoms with Crippen molar-refractivity contribution in [1.29, 1.82) is 0 Å². The molecule has 0 bridgehead atoms. The van der Waals surface area contributed by atoms with Gasteiger partial charge < -0.3 is 14.9 Å². The summed E-state index contributed by atoms with van der Waals surface area (Å²) in [5.74, 6) is -0.0550. The molecule has 1 aromatic rings. The van der Waals surface area contributed by atoms with Gasteiger partial charge in [0.05, 0.1) is 12.0 Å². The molecule has 4 nitrogen and oxygen atoms in total. The van der Waals surface area contributed by atoms with Crippen LogP contribution in [0.3, 0.4) is 0 Å². The Morgan fingerprint density at radius 2 is 2.00 bits per heavy atom. The van der Waals surface area contributed by atoms with Gasteiger partial charge in [0.1, 0.15) is 0 Å². The normalized spacial score (nSPS) is 21.3. The Kier molecular flexibility index (Phi) is 7.06. The topological polar surface area (TPSA) is 43.8 Å². The minimum Gasteiger partial charge on any atom is -0.396 e. The van der Waals surface area contributed by atoms with Crippen LogP contribution in [0.4, 0.5) is 13.2 Å². The van der Waals surface area contributed by atoms with Crippen molar-refractivity contribution >= 4 is 5.91 Å². The summed E-state index contributed by atoms with van der Waals surface area (Å²) in [5, 5.41) is 9.10. The largest absolute Gasteiger partial charge is 0.416 e. The van der Waals surface area contributed by atoms with Gasteiger partial charge in [-0.15, -0.1) is 0 Å². The Labute approximate surface area is 152 Å². The monoisotopic (exact) mass is 372 g/mol. The molecule has 0 unspecified atom stereocenters. The standard InChI is InChI=1S/C19H27F3N2O2/c1-23(2)17-9-10-24(13-15(17)7-5-11-25)18(26)12-14-6-3-4-8-16(14)19(20,21)22/h3-4,6,8,15,17,25H,5,7,9-13H2,1-2H3/t15-,17+/m1/s1. The fourth-order valence-electron chi connectivity index (χ4n) is 3.79. The van der Waals surface area contributed by atoms with E-state index in [4.69, 9.17) is 5.11 Å². The number of hydrogen-bond donors (Lipinski definition) is 1. The highest BCUT2D eigenvalue weighted by molar-refractivity contribution is 5.79. The lowest BCUT2D eigenvalue weighted by Crippen LogP contribution is -2.51. The van der Waals surface area contributed by atoms with Crippen molar-refractivity contribution in [2.24, 2.45) is 5.92 Å². The molecule has 26 heavy (non-hydrogen) atoms. The molecule has 1 saturated heterocycles. The lowest BCUT2D eigenvalue weighted by atomic mass is 9.87. The Morgan fingerprint density at radius 1 is 1.31 bits per heavy atom. The number of benzene rings is 1. The first-order valence-corrected chi connectivity index (χ1v) is 8.94. The summed E-state index contributed by atoms with van der Waals surface area (Å²) in [6.45, 7) is 1.17. The van der Waals surface area contributed by atoms with Crippen LogP contribution >= 0.6 is 0 Å². The molecular weight excluding hydrogens is 345 g/mol. The lowest BCUT2D eigenvalue weighted by Gasteiger charge is -2.42. The number of carbonyl (C=O) groups is 1. The molecule has 2 atom stereocenters. The summed E-state index contributed by atoms with van der Waals surface area (Å²) in [6.07, 6.45) is -2.46. The van der Waals surface area contributed by atoms with E-state index in [1.165, 1.54) is 18.2 Å². The van der Waals surface area contributed by atoms with Gasteiger partial charge in [-0.1, -0.05) is 18.2 Å². The Morgan fingerprint density at radius 3 is 2.62 bits per heavy atom. The quantitative estimate of drug-likeness (QED) is 0.835. The Balaban J connectivity index is 2.08. The van der Waals surface area contributed by atoms with Gasteiger partial charge in [-0.3, -0.25) is 4.79 Å². The zero-order valence-corrected chi connectivity index (χ0v) is 15.3. The maximum atomic E-state index is 13.1. The molecule has 0 spiro atoms. The zero-order valence-electron chi connectivity index (χ0n) is 15.3. The molecule has 0 saturated carbocycles. The first-order chi connectivity index (χ1) is 12.2. The average molecular weight is 372 g/mol. The molecular formula is C19H27F3N2O2. The highest BCUT2D eigenvalue weighted by atomic mass is 19.4. The van der Waals surface area contributed by atoms with E-state index in [-0.39, 0.29) is 30.4 Å². The number of carbonyl (C=O) groups excluding carboxylic acids is 1. The molecule has 0 aromatic heterocycles. The van der Waals surface area contributed by atoms with Gasteiger partial charge in [0.2, 0.25) is 5.91 Å². The summed E-state index contributed by atoms with van der Waals surface area (Å²) in [7, 11) is 3.99. The second kappa shape index (κ2) is 8.86. The molecule has 1 aromatic carbocycles. The number of aliphatic hydroxyl groups is 1. The zero-order chi connectivity index (χ0) is 19.3. The van der Waals surface area contributed by atoms with Crippen LogP contribution in [0.25, 0.3) is 0 Å². The number of amides is 1. The molecule has 1 N–H and O–H groups in total. The summed E-state index contributed by atoms with van der Waals surface area (Å²) in [6, 6.07) is 5.57. The third-order valence-electron chi connectivity index (χ3n) is 5.11. The van der Waals surface area contributed by atoms with Crippen molar-refractivity contribution in [3.05, 3.63) is 35.4 Å². The molecule has 2 rings (SSSR count). The SMILES string of the molecule is CN(C)[C@H]1CCN(C(=O)Cc2ccccc2C(F)(F)F)C[C@H]1CCCO. The van der Waals surface area contributed by atoms with Crippen LogP contribution in [-0.2, 0) is 17.4 Å². The Bertz CT molecular complexity index is 605. The van der Waals surface area contributed by atoms with Crippen LogP contribution in [0, 0.1) is 5.92 Å². The molecule has 7 heteroatoms. The van der Waals surface area contributed by atoms with E-state index in [1.54, 1.807) is 4.90 Å². The maximum absolute atomic E-state index is 13.1. The van der Waals surface area contributed by atoms with Crippen molar-refractivity contribution in [2.45, 2.75) is 37.9 Å². The van der Waals surface area contributed by atoms with E-state index in [0.717, 1.165) is 18.9 Å². The van der Waals surface area contributed by atoms with E-state index in [2.05, 4.69) is 4.90 Å². The molecule has 0 radical (unpaired) electrons. The van der Waals surface area contributed by atoms with Gasteiger partial charge in [-0.05, 0) is 50.9 Å². The molecule has 1 fully saturated rings. The van der Waals surface area contributed by atoms with Crippen LogP contribution < -0.4 is 0 Å². The van der Waals surface area contributed by atoms with E-state index >= 15 is 0 Å². The van der Waals surface area contributed by atoms with Crippen molar-refractivity contribution in [3.63, 3.8) is 0 Å². The summed E-state index contributed by atoms with van der Waals surface area (Å²) in [4.78, 5) is 16.4. The molecule has 1 aliphatic heterocycles. The maximum Gasteiger partial charge on any atom is 0.416 e. The summed E-state index contributed by atoms with van der Waals surface area (Å²) in [5.41, 5.74) is -0.722. The van der Waals surface area contributed by atoms with Gasteiger partial charge in [-0.2, -0.15) is 13.2 Å². The third kappa shape index (κ3) is 5.20. The number of aliphatic hydroxyl groups excluding tert-OH is 1. The molecule has 1 amide bonds. The van der Waals surface area contributed by atoms with Gasteiger partial charge in [0.15, 0.2) is 0 Å². The molecule has 0 aliphatic carbocycles. The van der Waals surface area contributed by atoms with E-state index < -0.39 is 11.7 Å². The fourth-order valence-corrected chi connectivity index (χ4v) is 3.79. The number of halogens is 3. The number of alkyl halides is 3.